The summed E-state index contributed by atoms with van der Waals surface area (Å²) in [6.07, 6.45) is 1.67. The second-order valence-electron chi connectivity index (χ2n) is 5.16. The predicted octanol–water partition coefficient (Wildman–Crippen LogP) is 2.27. The first kappa shape index (κ1) is 13.4. The molecule has 0 spiro atoms. The van der Waals surface area contributed by atoms with E-state index in [2.05, 4.69) is 41.1 Å². The summed E-state index contributed by atoms with van der Waals surface area (Å²) < 4.78 is 0. The lowest BCUT2D eigenvalue weighted by Gasteiger charge is -2.23. The smallest absolute Gasteiger partial charge is 0.0787 e. The van der Waals surface area contributed by atoms with E-state index in [4.69, 9.17) is 0 Å². The fourth-order valence-corrected chi connectivity index (χ4v) is 2.45. The molecule has 1 atom stereocenters. The number of benzene rings is 1. The van der Waals surface area contributed by atoms with Gasteiger partial charge in [0.1, 0.15) is 0 Å². The van der Waals surface area contributed by atoms with Gasteiger partial charge < -0.3 is 14.9 Å². The molecule has 2 rings (SSSR count). The van der Waals surface area contributed by atoms with Crippen LogP contribution in [0.5, 0.6) is 0 Å². The van der Waals surface area contributed by atoms with E-state index in [1.807, 2.05) is 6.92 Å². The molecular weight excluding hydrogens is 224 g/mol. The quantitative estimate of drug-likeness (QED) is 0.889. The van der Waals surface area contributed by atoms with Gasteiger partial charge in [-0.15, -0.1) is 0 Å². The number of anilines is 1. The minimum absolute atomic E-state index is 0.325. The molecule has 100 valence electrons. The Morgan fingerprint density at radius 3 is 2.50 bits per heavy atom. The second-order valence-corrected chi connectivity index (χ2v) is 5.16. The van der Waals surface area contributed by atoms with Crippen LogP contribution in [0.2, 0.25) is 0 Å². The summed E-state index contributed by atoms with van der Waals surface area (Å²) in [6.45, 7) is 6.53. The lowest BCUT2D eigenvalue weighted by Crippen LogP contribution is -2.28. The first-order chi connectivity index (χ1) is 8.70. The number of likely N-dealkylation sites (N-methyl/N-ethyl adjacent to an activating group) is 1. The van der Waals surface area contributed by atoms with E-state index < -0.39 is 0 Å². The van der Waals surface area contributed by atoms with Crippen LogP contribution in [-0.4, -0.2) is 43.2 Å². The van der Waals surface area contributed by atoms with Crippen LogP contribution in [0.4, 0.5) is 5.69 Å². The fourth-order valence-electron chi connectivity index (χ4n) is 2.45. The van der Waals surface area contributed by atoms with Gasteiger partial charge in [-0.25, -0.2) is 0 Å². The van der Waals surface area contributed by atoms with Gasteiger partial charge in [0.2, 0.25) is 0 Å². The highest BCUT2D eigenvalue weighted by Crippen LogP contribution is 2.21. The molecule has 0 aliphatic carbocycles. The Balaban J connectivity index is 2.04. The molecule has 0 bridgehead atoms. The molecule has 1 aliphatic heterocycles. The highest BCUT2D eigenvalue weighted by atomic mass is 16.3. The van der Waals surface area contributed by atoms with Crippen molar-refractivity contribution in [3.8, 4) is 0 Å². The Labute approximate surface area is 110 Å². The van der Waals surface area contributed by atoms with Gasteiger partial charge in [-0.05, 0) is 44.1 Å². The van der Waals surface area contributed by atoms with E-state index in [0.717, 1.165) is 31.6 Å². The van der Waals surface area contributed by atoms with Crippen molar-refractivity contribution >= 4 is 5.69 Å². The number of hydrogen-bond donors (Lipinski definition) is 1. The zero-order valence-electron chi connectivity index (χ0n) is 11.5. The van der Waals surface area contributed by atoms with Crippen LogP contribution in [0.15, 0.2) is 24.3 Å². The number of nitrogens with zero attached hydrogens (tertiary/aromatic N) is 2. The Bertz CT molecular complexity index is 363. The number of aliphatic hydroxyl groups excluding tert-OH is 1. The topological polar surface area (TPSA) is 26.7 Å². The highest BCUT2D eigenvalue weighted by molar-refractivity contribution is 5.48. The number of hydrogen-bond acceptors (Lipinski definition) is 3. The van der Waals surface area contributed by atoms with Gasteiger partial charge in [0.05, 0.1) is 6.10 Å². The normalized spacial score (nSPS) is 19.6. The van der Waals surface area contributed by atoms with Gasteiger partial charge in [-0.2, -0.15) is 0 Å². The van der Waals surface area contributed by atoms with Gasteiger partial charge in [0.25, 0.3) is 0 Å². The third-order valence-electron chi connectivity index (χ3n) is 3.75. The summed E-state index contributed by atoms with van der Waals surface area (Å²) >= 11 is 0. The van der Waals surface area contributed by atoms with Crippen LogP contribution in [0.25, 0.3) is 0 Å². The van der Waals surface area contributed by atoms with Crippen molar-refractivity contribution in [1.29, 1.82) is 0 Å². The minimum atomic E-state index is -0.325. The maximum atomic E-state index is 9.79. The molecule has 1 fully saturated rings. The van der Waals surface area contributed by atoms with E-state index in [-0.39, 0.29) is 6.10 Å². The summed E-state index contributed by atoms with van der Waals surface area (Å²) in [5.74, 6) is 0. The highest BCUT2D eigenvalue weighted by Gasteiger charge is 2.13. The molecule has 0 amide bonds. The Morgan fingerprint density at radius 1 is 1.11 bits per heavy atom. The minimum Gasteiger partial charge on any atom is -0.388 e. The summed E-state index contributed by atoms with van der Waals surface area (Å²) in [5, 5.41) is 9.79. The maximum Gasteiger partial charge on any atom is 0.0787 e. The average Bonchev–Trinajstić information content (AvgIpc) is 2.63. The van der Waals surface area contributed by atoms with Crippen LogP contribution in [0, 0.1) is 0 Å². The van der Waals surface area contributed by atoms with Crippen molar-refractivity contribution in [2.45, 2.75) is 25.9 Å². The first-order valence-corrected chi connectivity index (χ1v) is 6.92. The van der Waals surface area contributed by atoms with Crippen LogP contribution in [0.3, 0.4) is 0 Å². The molecule has 1 heterocycles. The Kier molecular flexibility index (Phi) is 4.61. The van der Waals surface area contributed by atoms with E-state index in [1.165, 1.54) is 18.7 Å². The van der Waals surface area contributed by atoms with Crippen molar-refractivity contribution in [3.05, 3.63) is 29.8 Å². The van der Waals surface area contributed by atoms with Crippen LogP contribution in [0.1, 0.15) is 31.4 Å². The summed E-state index contributed by atoms with van der Waals surface area (Å²) in [4.78, 5) is 4.82. The predicted molar refractivity (Wildman–Crippen MR) is 76.0 cm³/mol. The number of aliphatic hydroxyl groups is 1. The molecule has 1 saturated heterocycles. The first-order valence-electron chi connectivity index (χ1n) is 6.92. The lowest BCUT2D eigenvalue weighted by atomic mass is 10.1. The SMILES string of the molecule is CC[C@@H](O)c1ccc(N2CCCN(C)CC2)cc1. The van der Waals surface area contributed by atoms with E-state index in [9.17, 15) is 5.11 Å². The van der Waals surface area contributed by atoms with Crippen molar-refractivity contribution in [2.75, 3.05) is 38.1 Å². The Hall–Kier alpha value is -1.06. The molecule has 0 aromatic heterocycles. The van der Waals surface area contributed by atoms with Gasteiger partial charge in [0, 0.05) is 25.3 Å². The van der Waals surface area contributed by atoms with Crippen LogP contribution in [-0.2, 0) is 0 Å². The van der Waals surface area contributed by atoms with Crippen LogP contribution >= 0.6 is 0 Å². The van der Waals surface area contributed by atoms with E-state index in [1.54, 1.807) is 0 Å². The van der Waals surface area contributed by atoms with Crippen molar-refractivity contribution in [3.63, 3.8) is 0 Å². The van der Waals surface area contributed by atoms with Crippen LogP contribution < -0.4 is 4.90 Å². The van der Waals surface area contributed by atoms with Gasteiger partial charge in [-0.1, -0.05) is 19.1 Å². The molecule has 1 aromatic rings. The van der Waals surface area contributed by atoms with Crippen molar-refractivity contribution < 1.29 is 5.11 Å². The van der Waals surface area contributed by atoms with Crippen molar-refractivity contribution in [1.82, 2.24) is 4.90 Å². The molecular formula is C15H24N2O. The Morgan fingerprint density at radius 2 is 1.83 bits per heavy atom. The number of rotatable bonds is 3. The van der Waals surface area contributed by atoms with Gasteiger partial charge >= 0.3 is 0 Å². The third-order valence-corrected chi connectivity index (χ3v) is 3.75. The summed E-state index contributed by atoms with van der Waals surface area (Å²) in [5.41, 5.74) is 2.30. The fraction of sp³-hybridized carbons (Fsp3) is 0.600. The molecule has 18 heavy (non-hydrogen) atoms. The largest absolute Gasteiger partial charge is 0.388 e. The molecule has 1 N–H and O–H groups in total. The standard InChI is InChI=1S/C15H24N2O/c1-3-15(18)13-5-7-14(8-6-13)17-10-4-9-16(2)11-12-17/h5-8,15,18H,3-4,9-12H2,1-2H3/t15-/m1/s1. The zero-order valence-corrected chi connectivity index (χ0v) is 11.5. The molecule has 0 radical (unpaired) electrons. The maximum absolute atomic E-state index is 9.79. The van der Waals surface area contributed by atoms with E-state index >= 15 is 0 Å². The molecule has 0 unspecified atom stereocenters. The van der Waals surface area contributed by atoms with E-state index in [0.29, 0.717) is 0 Å². The summed E-state index contributed by atoms with van der Waals surface area (Å²) in [7, 11) is 2.18. The molecule has 1 aliphatic rings. The monoisotopic (exact) mass is 248 g/mol. The lowest BCUT2D eigenvalue weighted by molar-refractivity contribution is 0.173. The molecule has 0 saturated carbocycles. The molecule has 3 heteroatoms. The van der Waals surface area contributed by atoms with Gasteiger partial charge in [-0.3, -0.25) is 0 Å². The molecule has 1 aromatic carbocycles. The summed E-state index contributed by atoms with van der Waals surface area (Å²) in [6, 6.07) is 8.38. The second kappa shape index (κ2) is 6.21. The molecule has 3 nitrogen and oxygen atoms in total. The zero-order chi connectivity index (χ0) is 13.0. The van der Waals surface area contributed by atoms with Gasteiger partial charge in [0.15, 0.2) is 0 Å². The van der Waals surface area contributed by atoms with Crippen molar-refractivity contribution in [2.24, 2.45) is 0 Å². The third kappa shape index (κ3) is 3.24. The average molecular weight is 248 g/mol.